The predicted molar refractivity (Wildman–Crippen MR) is 74.7 cm³/mol. The fraction of sp³-hybridized carbons (Fsp3) is 0.625. The number of unbranched alkanes of at least 4 members (excludes halogenated alkanes) is 1. The lowest BCUT2D eigenvalue weighted by Gasteiger charge is -2.17. The molecule has 0 fully saturated rings. The van der Waals surface area contributed by atoms with Crippen LogP contribution in [0.5, 0.6) is 5.75 Å². The highest BCUT2D eigenvalue weighted by Gasteiger charge is 2.08. The lowest BCUT2D eigenvalue weighted by atomic mass is 10.0. The number of hydrogen-bond acceptors (Lipinski definition) is 1. The molecule has 0 amide bonds. The Morgan fingerprint density at radius 3 is 2.59 bits per heavy atom. The Kier molecular flexibility index (Phi) is 6.10. The second kappa shape index (κ2) is 7.37. The largest absolute Gasteiger partial charge is 0.493 e. The van der Waals surface area contributed by atoms with Gasteiger partial charge in [0.1, 0.15) is 5.75 Å². The number of benzene rings is 1. The van der Waals surface area contributed by atoms with Crippen LogP contribution in [-0.4, -0.2) is 6.61 Å². The molecule has 0 aliphatic rings. The van der Waals surface area contributed by atoms with Gasteiger partial charge in [0.05, 0.1) is 6.61 Å². The van der Waals surface area contributed by atoms with Crippen LogP contribution in [-0.2, 0) is 0 Å². The fourth-order valence-electron chi connectivity index (χ4n) is 1.97. The molecule has 0 aromatic heterocycles. The highest BCUT2D eigenvalue weighted by Crippen LogP contribution is 2.21. The van der Waals surface area contributed by atoms with Crippen LogP contribution >= 0.6 is 0 Å². The van der Waals surface area contributed by atoms with Gasteiger partial charge >= 0.3 is 0 Å². The molecule has 1 rings (SSSR count). The summed E-state index contributed by atoms with van der Waals surface area (Å²) in [6.45, 7) is 9.59. The van der Waals surface area contributed by atoms with E-state index in [0.29, 0.717) is 5.92 Å². The SMILES string of the molecule is CCCCC(CC)COc1cc(C)ccc1C. The second-order valence-corrected chi connectivity index (χ2v) is 5.00. The van der Waals surface area contributed by atoms with E-state index < -0.39 is 0 Å². The molecular weight excluding hydrogens is 208 g/mol. The molecule has 0 aliphatic heterocycles. The van der Waals surface area contributed by atoms with E-state index in [1.807, 2.05) is 0 Å². The van der Waals surface area contributed by atoms with Gasteiger partial charge in [-0.25, -0.2) is 0 Å². The first kappa shape index (κ1) is 14.1. The van der Waals surface area contributed by atoms with Crippen molar-refractivity contribution in [3.8, 4) is 5.75 Å². The molecule has 1 aromatic rings. The summed E-state index contributed by atoms with van der Waals surface area (Å²) in [6, 6.07) is 6.41. The Hall–Kier alpha value is -0.980. The molecule has 0 radical (unpaired) electrons. The van der Waals surface area contributed by atoms with Crippen molar-refractivity contribution in [2.24, 2.45) is 5.92 Å². The molecule has 0 saturated carbocycles. The normalized spacial score (nSPS) is 12.5. The van der Waals surface area contributed by atoms with Crippen molar-refractivity contribution in [1.82, 2.24) is 0 Å². The van der Waals surface area contributed by atoms with E-state index in [1.165, 1.54) is 36.8 Å². The third-order valence-electron chi connectivity index (χ3n) is 3.36. The van der Waals surface area contributed by atoms with E-state index in [1.54, 1.807) is 0 Å². The number of aryl methyl sites for hydroxylation is 2. The second-order valence-electron chi connectivity index (χ2n) is 5.00. The smallest absolute Gasteiger partial charge is 0.122 e. The van der Waals surface area contributed by atoms with Crippen molar-refractivity contribution in [3.05, 3.63) is 29.3 Å². The van der Waals surface area contributed by atoms with E-state index >= 15 is 0 Å². The maximum absolute atomic E-state index is 5.97. The van der Waals surface area contributed by atoms with Gasteiger partial charge in [0.2, 0.25) is 0 Å². The topological polar surface area (TPSA) is 9.23 Å². The van der Waals surface area contributed by atoms with Crippen molar-refractivity contribution in [2.75, 3.05) is 6.61 Å². The van der Waals surface area contributed by atoms with E-state index in [9.17, 15) is 0 Å². The first-order chi connectivity index (χ1) is 8.17. The number of hydrogen-bond donors (Lipinski definition) is 0. The zero-order chi connectivity index (χ0) is 12.7. The molecule has 1 heteroatoms. The van der Waals surface area contributed by atoms with Gasteiger partial charge in [0.25, 0.3) is 0 Å². The van der Waals surface area contributed by atoms with E-state index in [2.05, 4.69) is 45.9 Å². The average molecular weight is 234 g/mol. The van der Waals surface area contributed by atoms with Gasteiger partial charge in [0.15, 0.2) is 0 Å². The zero-order valence-electron chi connectivity index (χ0n) is 11.8. The molecule has 17 heavy (non-hydrogen) atoms. The Balaban J connectivity index is 2.50. The summed E-state index contributed by atoms with van der Waals surface area (Å²) < 4.78 is 5.97. The third-order valence-corrected chi connectivity index (χ3v) is 3.36. The molecule has 0 spiro atoms. The van der Waals surface area contributed by atoms with Gasteiger partial charge < -0.3 is 4.74 Å². The molecule has 0 heterocycles. The summed E-state index contributed by atoms with van der Waals surface area (Å²) in [7, 11) is 0. The minimum absolute atomic E-state index is 0.704. The Morgan fingerprint density at radius 2 is 1.94 bits per heavy atom. The van der Waals surface area contributed by atoms with Crippen LogP contribution in [0, 0.1) is 19.8 Å². The Bertz CT molecular complexity index is 330. The number of ether oxygens (including phenoxy) is 1. The van der Waals surface area contributed by atoms with Crippen LogP contribution in [0.25, 0.3) is 0 Å². The molecular formula is C16H26O. The van der Waals surface area contributed by atoms with Gasteiger partial charge in [-0.15, -0.1) is 0 Å². The van der Waals surface area contributed by atoms with Crippen LogP contribution in [0.1, 0.15) is 50.7 Å². The summed E-state index contributed by atoms with van der Waals surface area (Å²) in [5.41, 5.74) is 2.51. The lowest BCUT2D eigenvalue weighted by Crippen LogP contribution is -2.11. The van der Waals surface area contributed by atoms with Crippen molar-refractivity contribution >= 4 is 0 Å². The average Bonchev–Trinajstić information content (AvgIpc) is 2.33. The monoisotopic (exact) mass is 234 g/mol. The molecule has 0 N–H and O–H groups in total. The van der Waals surface area contributed by atoms with E-state index in [4.69, 9.17) is 4.74 Å². The fourth-order valence-corrected chi connectivity index (χ4v) is 1.97. The molecule has 1 nitrogen and oxygen atoms in total. The molecule has 0 bridgehead atoms. The van der Waals surface area contributed by atoms with Crippen LogP contribution in [0.4, 0.5) is 0 Å². The molecule has 1 aromatic carbocycles. The van der Waals surface area contributed by atoms with E-state index in [-0.39, 0.29) is 0 Å². The highest BCUT2D eigenvalue weighted by atomic mass is 16.5. The quantitative estimate of drug-likeness (QED) is 0.652. The minimum atomic E-state index is 0.704. The molecule has 96 valence electrons. The Labute approximate surface area is 106 Å². The van der Waals surface area contributed by atoms with Crippen LogP contribution in [0.15, 0.2) is 18.2 Å². The summed E-state index contributed by atoms with van der Waals surface area (Å²) in [5, 5.41) is 0. The maximum Gasteiger partial charge on any atom is 0.122 e. The molecule has 0 saturated heterocycles. The van der Waals surface area contributed by atoms with Crippen molar-refractivity contribution in [3.63, 3.8) is 0 Å². The summed E-state index contributed by atoms with van der Waals surface area (Å²) >= 11 is 0. The molecule has 0 aliphatic carbocycles. The van der Waals surface area contributed by atoms with Crippen molar-refractivity contribution in [2.45, 2.75) is 53.4 Å². The van der Waals surface area contributed by atoms with Gasteiger partial charge in [-0.3, -0.25) is 0 Å². The van der Waals surface area contributed by atoms with Gasteiger partial charge in [-0.2, -0.15) is 0 Å². The van der Waals surface area contributed by atoms with Crippen LogP contribution in [0.3, 0.4) is 0 Å². The maximum atomic E-state index is 5.97. The minimum Gasteiger partial charge on any atom is -0.493 e. The summed E-state index contributed by atoms with van der Waals surface area (Å²) in [5.74, 6) is 1.76. The van der Waals surface area contributed by atoms with Gasteiger partial charge in [-0.05, 0) is 43.4 Å². The summed E-state index contributed by atoms with van der Waals surface area (Å²) in [6.07, 6.45) is 5.09. The number of rotatable bonds is 7. The Morgan fingerprint density at radius 1 is 1.18 bits per heavy atom. The van der Waals surface area contributed by atoms with Gasteiger partial charge in [-0.1, -0.05) is 45.2 Å². The third kappa shape index (κ3) is 4.80. The first-order valence-electron chi connectivity index (χ1n) is 6.87. The van der Waals surface area contributed by atoms with E-state index in [0.717, 1.165) is 12.4 Å². The highest BCUT2D eigenvalue weighted by molar-refractivity contribution is 5.35. The summed E-state index contributed by atoms with van der Waals surface area (Å²) in [4.78, 5) is 0. The van der Waals surface area contributed by atoms with Gasteiger partial charge in [0, 0.05) is 0 Å². The van der Waals surface area contributed by atoms with Crippen LogP contribution < -0.4 is 4.74 Å². The van der Waals surface area contributed by atoms with Crippen molar-refractivity contribution in [1.29, 1.82) is 0 Å². The standard InChI is InChI=1S/C16H26O/c1-5-7-8-15(6-2)12-17-16-11-13(3)9-10-14(16)4/h9-11,15H,5-8,12H2,1-4H3. The molecule has 1 atom stereocenters. The predicted octanol–water partition coefficient (Wildman–Crippen LogP) is 4.90. The lowest BCUT2D eigenvalue weighted by molar-refractivity contribution is 0.232. The zero-order valence-corrected chi connectivity index (χ0v) is 11.8. The first-order valence-corrected chi connectivity index (χ1v) is 6.87. The molecule has 1 unspecified atom stereocenters. The van der Waals surface area contributed by atoms with Crippen LogP contribution in [0.2, 0.25) is 0 Å². The van der Waals surface area contributed by atoms with Crippen molar-refractivity contribution < 1.29 is 4.74 Å².